The molecular weight excluding hydrogens is 260 g/mol. The van der Waals surface area contributed by atoms with Crippen LogP contribution in [0, 0.1) is 12.3 Å². The fourth-order valence-electron chi connectivity index (χ4n) is 2.42. The molecule has 98 valence electrons. The number of rotatable bonds is 1. The summed E-state index contributed by atoms with van der Waals surface area (Å²) >= 11 is 0. The number of nitrogens with two attached hydrogens (primary N) is 1. The minimum atomic E-state index is 0. The molecule has 1 aliphatic rings. The second kappa shape index (κ2) is 5.43. The van der Waals surface area contributed by atoms with Crippen molar-refractivity contribution in [1.82, 2.24) is 14.9 Å². The average Bonchev–Trinajstić information content (AvgIpc) is 2.40. The molecular formula is C14H15ClN4. The number of aromatic nitrogens is 2. The summed E-state index contributed by atoms with van der Waals surface area (Å²) in [7, 11) is 0. The lowest BCUT2D eigenvalue weighted by Gasteiger charge is -2.27. The number of hydrogen-bond donors (Lipinski definition) is 1. The van der Waals surface area contributed by atoms with Gasteiger partial charge in [-0.3, -0.25) is 4.90 Å². The monoisotopic (exact) mass is 274 g/mol. The van der Waals surface area contributed by atoms with Crippen molar-refractivity contribution in [2.75, 3.05) is 18.8 Å². The molecule has 0 radical (unpaired) electrons. The highest BCUT2D eigenvalue weighted by atomic mass is 35.5. The van der Waals surface area contributed by atoms with Crippen LogP contribution in [-0.2, 0) is 13.0 Å². The van der Waals surface area contributed by atoms with Gasteiger partial charge in [-0.15, -0.1) is 18.8 Å². The van der Waals surface area contributed by atoms with Crippen molar-refractivity contribution < 1.29 is 0 Å². The smallest absolute Gasteiger partial charge is 0.161 e. The van der Waals surface area contributed by atoms with Crippen molar-refractivity contribution in [1.29, 1.82) is 0 Å². The van der Waals surface area contributed by atoms with E-state index in [1.54, 1.807) is 6.20 Å². The fourth-order valence-corrected chi connectivity index (χ4v) is 2.42. The highest BCUT2D eigenvalue weighted by Gasteiger charge is 2.20. The summed E-state index contributed by atoms with van der Waals surface area (Å²) in [6, 6.07) is 3.85. The topological polar surface area (TPSA) is 55.0 Å². The van der Waals surface area contributed by atoms with Gasteiger partial charge >= 0.3 is 0 Å². The zero-order chi connectivity index (χ0) is 12.5. The highest BCUT2D eigenvalue weighted by molar-refractivity contribution is 5.89. The largest absolute Gasteiger partial charge is 0.398 e. The van der Waals surface area contributed by atoms with E-state index < -0.39 is 0 Å². The molecule has 3 rings (SSSR count). The summed E-state index contributed by atoms with van der Waals surface area (Å²) in [4.78, 5) is 11.1. The van der Waals surface area contributed by atoms with Crippen LogP contribution in [0.3, 0.4) is 0 Å². The van der Waals surface area contributed by atoms with Crippen LogP contribution in [0.25, 0.3) is 11.0 Å². The molecule has 0 spiro atoms. The van der Waals surface area contributed by atoms with Crippen LogP contribution in [0.1, 0.15) is 11.3 Å². The Hall–Kier alpha value is -1.83. The van der Waals surface area contributed by atoms with Crippen molar-refractivity contribution in [2.24, 2.45) is 0 Å². The minimum absolute atomic E-state index is 0. The Morgan fingerprint density at radius 1 is 1.47 bits per heavy atom. The summed E-state index contributed by atoms with van der Waals surface area (Å²) in [6.45, 7) is 2.37. The van der Waals surface area contributed by atoms with Gasteiger partial charge in [-0.05, 0) is 12.1 Å². The van der Waals surface area contributed by atoms with Crippen molar-refractivity contribution in [3.05, 3.63) is 29.6 Å². The standard InChI is InChI=1S/C14H14N4.ClH/c1-2-7-18-8-5-12-11(9-18)13(15)10-4-3-6-16-14(10)17-12;/h1,3-4,6H,5,7-9H2,(H2,15,16,17);1H. The van der Waals surface area contributed by atoms with Crippen LogP contribution in [0.2, 0.25) is 0 Å². The zero-order valence-electron chi connectivity index (χ0n) is 10.5. The molecule has 4 nitrogen and oxygen atoms in total. The predicted octanol–water partition coefficient (Wildman–Crippen LogP) is 1.63. The molecule has 0 saturated heterocycles. The van der Waals surface area contributed by atoms with E-state index in [1.165, 1.54) is 0 Å². The van der Waals surface area contributed by atoms with E-state index in [9.17, 15) is 0 Å². The molecule has 0 saturated carbocycles. The summed E-state index contributed by atoms with van der Waals surface area (Å²) in [5, 5.41) is 0.929. The van der Waals surface area contributed by atoms with Gasteiger partial charge in [0.05, 0.1) is 12.2 Å². The van der Waals surface area contributed by atoms with Crippen LogP contribution in [0.4, 0.5) is 5.69 Å². The average molecular weight is 275 g/mol. The maximum atomic E-state index is 6.24. The van der Waals surface area contributed by atoms with Gasteiger partial charge in [0.15, 0.2) is 5.65 Å². The number of halogens is 1. The Bertz CT molecular complexity index is 648. The van der Waals surface area contributed by atoms with Gasteiger partial charge in [0.25, 0.3) is 0 Å². The van der Waals surface area contributed by atoms with E-state index in [-0.39, 0.29) is 12.4 Å². The van der Waals surface area contributed by atoms with Gasteiger partial charge in [-0.25, -0.2) is 9.97 Å². The first-order chi connectivity index (χ1) is 8.79. The van der Waals surface area contributed by atoms with Crippen molar-refractivity contribution >= 4 is 29.1 Å². The number of nitrogen functional groups attached to an aromatic ring is 1. The van der Waals surface area contributed by atoms with Gasteiger partial charge in [0.1, 0.15) is 0 Å². The third-order valence-electron chi connectivity index (χ3n) is 3.35. The van der Waals surface area contributed by atoms with Crippen molar-refractivity contribution in [3.8, 4) is 12.3 Å². The van der Waals surface area contributed by atoms with Crippen LogP contribution in [0.15, 0.2) is 18.3 Å². The normalized spacial score (nSPS) is 14.5. The maximum absolute atomic E-state index is 6.24. The quantitative estimate of drug-likeness (QED) is 0.803. The first-order valence-corrected chi connectivity index (χ1v) is 5.97. The van der Waals surface area contributed by atoms with Gasteiger partial charge in [-0.2, -0.15) is 0 Å². The molecule has 2 aromatic rings. The molecule has 19 heavy (non-hydrogen) atoms. The van der Waals surface area contributed by atoms with Crippen LogP contribution in [-0.4, -0.2) is 28.0 Å². The van der Waals surface area contributed by atoms with Crippen LogP contribution in [0.5, 0.6) is 0 Å². The Morgan fingerprint density at radius 2 is 2.32 bits per heavy atom. The molecule has 0 amide bonds. The van der Waals surface area contributed by atoms with Gasteiger partial charge in [0.2, 0.25) is 0 Å². The van der Waals surface area contributed by atoms with E-state index in [2.05, 4.69) is 20.8 Å². The lowest BCUT2D eigenvalue weighted by molar-refractivity contribution is 0.285. The van der Waals surface area contributed by atoms with E-state index in [0.717, 1.165) is 47.5 Å². The molecule has 5 heteroatoms. The second-order valence-electron chi connectivity index (χ2n) is 4.49. The summed E-state index contributed by atoms with van der Waals surface area (Å²) in [6.07, 6.45) is 7.99. The molecule has 2 N–H and O–H groups in total. The summed E-state index contributed by atoms with van der Waals surface area (Å²) in [5.41, 5.74) is 9.94. The van der Waals surface area contributed by atoms with E-state index in [0.29, 0.717) is 6.54 Å². The minimum Gasteiger partial charge on any atom is -0.398 e. The number of nitrogens with zero attached hydrogens (tertiary/aromatic N) is 3. The van der Waals surface area contributed by atoms with E-state index in [4.69, 9.17) is 12.2 Å². The van der Waals surface area contributed by atoms with Crippen molar-refractivity contribution in [2.45, 2.75) is 13.0 Å². The molecule has 2 aromatic heterocycles. The number of terminal acetylenes is 1. The molecule has 0 aromatic carbocycles. The van der Waals surface area contributed by atoms with Crippen molar-refractivity contribution in [3.63, 3.8) is 0 Å². The highest BCUT2D eigenvalue weighted by Crippen LogP contribution is 2.28. The third-order valence-corrected chi connectivity index (χ3v) is 3.35. The van der Waals surface area contributed by atoms with E-state index in [1.807, 2.05) is 12.1 Å². The van der Waals surface area contributed by atoms with Gasteiger partial charge in [0, 0.05) is 42.3 Å². The lowest BCUT2D eigenvalue weighted by atomic mass is 10.0. The molecule has 0 atom stereocenters. The number of fused-ring (bicyclic) bond motifs is 2. The Kier molecular flexibility index (Phi) is 3.89. The SMILES string of the molecule is C#CCN1CCc2nc3ncccc3c(N)c2C1.Cl. The third kappa shape index (κ3) is 2.35. The fraction of sp³-hybridized carbons (Fsp3) is 0.286. The van der Waals surface area contributed by atoms with E-state index >= 15 is 0 Å². The molecule has 3 heterocycles. The Morgan fingerprint density at radius 3 is 3.11 bits per heavy atom. The summed E-state index contributed by atoms with van der Waals surface area (Å²) in [5.74, 6) is 2.68. The molecule has 0 aliphatic carbocycles. The molecule has 1 aliphatic heterocycles. The first kappa shape index (κ1) is 13.6. The second-order valence-corrected chi connectivity index (χ2v) is 4.49. The van der Waals surface area contributed by atoms with Crippen LogP contribution < -0.4 is 5.73 Å². The Labute approximate surface area is 118 Å². The van der Waals surface area contributed by atoms with Gasteiger partial charge < -0.3 is 5.73 Å². The number of pyridine rings is 2. The number of hydrogen-bond acceptors (Lipinski definition) is 4. The number of anilines is 1. The maximum Gasteiger partial charge on any atom is 0.161 e. The Balaban J connectivity index is 0.00000133. The predicted molar refractivity (Wildman–Crippen MR) is 79.0 cm³/mol. The summed E-state index contributed by atoms with van der Waals surface area (Å²) < 4.78 is 0. The van der Waals surface area contributed by atoms with Crippen LogP contribution >= 0.6 is 12.4 Å². The zero-order valence-corrected chi connectivity index (χ0v) is 11.3. The first-order valence-electron chi connectivity index (χ1n) is 5.97. The molecule has 0 bridgehead atoms. The van der Waals surface area contributed by atoms with Gasteiger partial charge in [-0.1, -0.05) is 5.92 Å². The molecule has 0 unspecified atom stereocenters. The lowest BCUT2D eigenvalue weighted by Crippen LogP contribution is -2.32. The molecule has 0 fully saturated rings.